The van der Waals surface area contributed by atoms with E-state index in [1.54, 1.807) is 6.08 Å². The Hall–Kier alpha value is -2.36. The number of thiazole rings is 1. The molecule has 4 N–H and O–H groups in total. The quantitative estimate of drug-likeness (QED) is 0.386. The summed E-state index contributed by atoms with van der Waals surface area (Å²) in [5.41, 5.74) is 2.06. The molecule has 178 valence electrons. The highest BCUT2D eigenvalue weighted by molar-refractivity contribution is 7.99. The predicted octanol–water partition coefficient (Wildman–Crippen LogP) is 5.18. The largest absolute Gasteiger partial charge is 0.342 e. The number of anilines is 2. The zero-order chi connectivity index (χ0) is 23.8. The lowest BCUT2D eigenvalue weighted by atomic mass is 9.90. The number of amides is 2. The summed E-state index contributed by atoms with van der Waals surface area (Å²) in [5, 5.41) is 17.8. The van der Waals surface area contributed by atoms with Crippen molar-refractivity contribution in [3.8, 4) is 0 Å². The number of rotatable bonds is 8. The van der Waals surface area contributed by atoms with Gasteiger partial charge in [-0.15, -0.1) is 11.3 Å². The zero-order valence-corrected chi connectivity index (χ0v) is 21.5. The van der Waals surface area contributed by atoms with Gasteiger partial charge in [0.2, 0.25) is 0 Å². The summed E-state index contributed by atoms with van der Waals surface area (Å²) in [6, 6.07) is 7.48. The SMILES string of the molecule is Cc1ccc(N/C(=C\C(=N)C(C)(C)C)NC(=O)Nc2ncc(CCN3CCSCC3)s2)cc1. The van der Waals surface area contributed by atoms with E-state index in [0.717, 1.165) is 42.2 Å². The number of allylic oxidation sites excluding steroid dienone is 1. The minimum Gasteiger partial charge on any atom is -0.342 e. The van der Waals surface area contributed by atoms with Gasteiger partial charge in [-0.25, -0.2) is 9.78 Å². The minimum atomic E-state index is -0.392. The minimum absolute atomic E-state index is 0.338. The number of nitrogens with zero attached hydrogens (tertiary/aromatic N) is 2. The summed E-state index contributed by atoms with van der Waals surface area (Å²) < 4.78 is 0. The Kier molecular flexibility index (Phi) is 8.94. The molecule has 1 aromatic heterocycles. The number of carbonyl (C=O) groups excluding carboxylic acids is 1. The number of aromatic nitrogens is 1. The van der Waals surface area contributed by atoms with E-state index in [-0.39, 0.29) is 5.41 Å². The van der Waals surface area contributed by atoms with E-state index in [1.165, 1.54) is 22.8 Å². The van der Waals surface area contributed by atoms with Crippen LogP contribution >= 0.6 is 23.1 Å². The zero-order valence-electron chi connectivity index (χ0n) is 19.8. The molecule has 0 radical (unpaired) electrons. The maximum atomic E-state index is 12.7. The number of benzene rings is 1. The van der Waals surface area contributed by atoms with Crippen LogP contribution in [-0.4, -0.2) is 52.8 Å². The Balaban J connectivity index is 1.60. The van der Waals surface area contributed by atoms with Gasteiger partial charge < -0.3 is 15.6 Å². The third-order valence-corrected chi connectivity index (χ3v) is 7.14. The first kappa shape index (κ1) is 25.3. The summed E-state index contributed by atoms with van der Waals surface area (Å²) in [4.78, 5) is 20.7. The molecular formula is C24H34N6OS2. The van der Waals surface area contributed by atoms with Crippen LogP contribution in [0.3, 0.4) is 0 Å². The molecule has 7 nitrogen and oxygen atoms in total. The summed E-state index contributed by atoms with van der Waals surface area (Å²) in [7, 11) is 0. The maximum absolute atomic E-state index is 12.7. The fraction of sp³-hybridized carbons (Fsp3) is 0.458. The van der Waals surface area contributed by atoms with Gasteiger partial charge in [-0.1, -0.05) is 38.5 Å². The Morgan fingerprint density at radius 1 is 1.18 bits per heavy atom. The molecule has 3 rings (SSSR count). The lowest BCUT2D eigenvalue weighted by Crippen LogP contribution is -2.34. The van der Waals surface area contributed by atoms with Crippen molar-refractivity contribution in [3.05, 3.63) is 52.8 Å². The van der Waals surface area contributed by atoms with Gasteiger partial charge in [-0.05, 0) is 25.5 Å². The van der Waals surface area contributed by atoms with Crippen molar-refractivity contribution in [2.75, 3.05) is 41.8 Å². The van der Waals surface area contributed by atoms with Crippen LogP contribution in [0.2, 0.25) is 0 Å². The normalized spacial score (nSPS) is 15.2. The summed E-state index contributed by atoms with van der Waals surface area (Å²) in [6.45, 7) is 11.2. The Labute approximate surface area is 205 Å². The molecule has 2 amide bonds. The molecule has 0 spiro atoms. The Morgan fingerprint density at radius 2 is 1.88 bits per heavy atom. The summed E-state index contributed by atoms with van der Waals surface area (Å²) in [5.74, 6) is 2.85. The van der Waals surface area contributed by atoms with Crippen LogP contribution in [0.15, 0.2) is 42.4 Å². The van der Waals surface area contributed by atoms with Crippen LogP contribution in [0.25, 0.3) is 0 Å². The smallest absolute Gasteiger partial charge is 0.326 e. The van der Waals surface area contributed by atoms with Gasteiger partial charge in [0, 0.05) is 65.1 Å². The second-order valence-corrected chi connectivity index (χ2v) is 11.5. The van der Waals surface area contributed by atoms with E-state index in [0.29, 0.717) is 16.7 Å². The molecule has 0 bridgehead atoms. The molecule has 1 aliphatic rings. The van der Waals surface area contributed by atoms with Crippen LogP contribution in [0, 0.1) is 17.7 Å². The molecular weight excluding hydrogens is 452 g/mol. The van der Waals surface area contributed by atoms with Crippen molar-refractivity contribution in [2.24, 2.45) is 5.41 Å². The summed E-state index contributed by atoms with van der Waals surface area (Å²) >= 11 is 3.52. The van der Waals surface area contributed by atoms with Crippen LogP contribution < -0.4 is 16.0 Å². The molecule has 0 aliphatic carbocycles. The first-order valence-corrected chi connectivity index (χ1v) is 13.1. The molecule has 0 saturated carbocycles. The van der Waals surface area contributed by atoms with Gasteiger partial charge in [-0.2, -0.15) is 11.8 Å². The van der Waals surface area contributed by atoms with Gasteiger partial charge in [0.15, 0.2) is 5.13 Å². The monoisotopic (exact) mass is 486 g/mol. The lowest BCUT2D eigenvalue weighted by Gasteiger charge is -2.25. The molecule has 1 saturated heterocycles. The van der Waals surface area contributed by atoms with Gasteiger partial charge in [0.05, 0.1) is 0 Å². The molecule has 2 heterocycles. The number of urea groups is 1. The number of carbonyl (C=O) groups is 1. The van der Waals surface area contributed by atoms with Crippen molar-refractivity contribution in [2.45, 2.75) is 34.1 Å². The van der Waals surface area contributed by atoms with Gasteiger partial charge in [0.1, 0.15) is 5.82 Å². The van der Waals surface area contributed by atoms with E-state index >= 15 is 0 Å². The number of nitrogens with one attached hydrogen (secondary N) is 4. The van der Waals surface area contributed by atoms with Crippen LogP contribution in [0.1, 0.15) is 31.2 Å². The average Bonchev–Trinajstić information content (AvgIpc) is 3.21. The predicted molar refractivity (Wildman–Crippen MR) is 142 cm³/mol. The van der Waals surface area contributed by atoms with Gasteiger partial charge >= 0.3 is 6.03 Å². The Morgan fingerprint density at radius 3 is 2.55 bits per heavy atom. The molecule has 2 aromatic rings. The fourth-order valence-corrected chi connectivity index (χ4v) is 4.86. The number of aryl methyl sites for hydroxylation is 1. The number of hydrogen-bond acceptors (Lipinski definition) is 7. The van der Waals surface area contributed by atoms with Crippen molar-refractivity contribution >= 4 is 45.7 Å². The van der Waals surface area contributed by atoms with E-state index in [1.807, 2.05) is 69.9 Å². The van der Waals surface area contributed by atoms with Crippen molar-refractivity contribution in [3.63, 3.8) is 0 Å². The summed E-state index contributed by atoms with van der Waals surface area (Å²) in [6.07, 6.45) is 4.44. The number of hydrogen-bond donors (Lipinski definition) is 4. The first-order chi connectivity index (χ1) is 15.7. The molecule has 1 fully saturated rings. The highest BCUT2D eigenvalue weighted by atomic mass is 32.2. The van der Waals surface area contributed by atoms with Crippen molar-refractivity contribution < 1.29 is 4.79 Å². The van der Waals surface area contributed by atoms with Crippen LogP contribution in [0.4, 0.5) is 15.6 Å². The van der Waals surface area contributed by atoms with Crippen molar-refractivity contribution in [1.82, 2.24) is 15.2 Å². The highest BCUT2D eigenvalue weighted by Crippen LogP contribution is 2.20. The third kappa shape index (κ3) is 8.49. The maximum Gasteiger partial charge on any atom is 0.326 e. The molecule has 0 unspecified atom stereocenters. The molecule has 0 atom stereocenters. The van der Waals surface area contributed by atoms with Crippen molar-refractivity contribution in [1.29, 1.82) is 5.41 Å². The van der Waals surface area contributed by atoms with E-state index in [4.69, 9.17) is 5.41 Å². The van der Waals surface area contributed by atoms with Crippen LogP contribution in [-0.2, 0) is 6.42 Å². The molecule has 1 aliphatic heterocycles. The van der Waals surface area contributed by atoms with E-state index in [2.05, 4.69) is 25.8 Å². The highest BCUT2D eigenvalue weighted by Gasteiger charge is 2.17. The van der Waals surface area contributed by atoms with E-state index in [9.17, 15) is 4.79 Å². The second-order valence-electron chi connectivity index (χ2n) is 9.13. The van der Waals surface area contributed by atoms with Crippen LogP contribution in [0.5, 0.6) is 0 Å². The molecule has 9 heteroatoms. The molecule has 33 heavy (non-hydrogen) atoms. The topological polar surface area (TPSA) is 93.1 Å². The van der Waals surface area contributed by atoms with Gasteiger partial charge in [-0.3, -0.25) is 10.6 Å². The third-order valence-electron chi connectivity index (χ3n) is 5.23. The second kappa shape index (κ2) is 11.7. The van der Waals surface area contributed by atoms with E-state index < -0.39 is 6.03 Å². The Bertz CT molecular complexity index is 972. The fourth-order valence-electron chi connectivity index (χ4n) is 3.08. The standard InChI is InChI=1S/C24H34N6OS2/c1-17-5-7-18(8-6-17)27-21(15-20(25)24(2,3)4)28-22(31)29-23-26-16-19(33-23)9-10-30-11-13-32-14-12-30/h5-8,15-16,25,27H,9-14H2,1-4H3,(H2,26,28,29,31)/b21-15+,25-20?. The van der Waals surface area contributed by atoms with Gasteiger partial charge in [0.25, 0.3) is 0 Å². The lowest BCUT2D eigenvalue weighted by molar-refractivity contribution is 0.254. The molecule has 1 aromatic carbocycles. The average molecular weight is 487 g/mol. The number of thioether (sulfide) groups is 1. The first-order valence-electron chi connectivity index (χ1n) is 11.2.